The molecule has 0 spiro atoms. The third-order valence-corrected chi connectivity index (χ3v) is 10.5. The van der Waals surface area contributed by atoms with Crippen molar-refractivity contribution in [2.24, 2.45) is 0 Å². The van der Waals surface area contributed by atoms with Gasteiger partial charge in [0.2, 0.25) is 0 Å². The van der Waals surface area contributed by atoms with Crippen molar-refractivity contribution in [3.8, 4) is 0 Å². The van der Waals surface area contributed by atoms with Crippen LogP contribution in [0.2, 0.25) is 0 Å². The second-order valence-electron chi connectivity index (χ2n) is 14.5. The molecule has 6 atom stereocenters. The van der Waals surface area contributed by atoms with Gasteiger partial charge in [0.15, 0.2) is 6.10 Å². The highest BCUT2D eigenvalue weighted by Gasteiger charge is 2.51. The zero-order chi connectivity index (χ0) is 40.0. The maximum absolute atomic E-state index is 12.7. The van der Waals surface area contributed by atoms with Crippen LogP contribution in [0.4, 0.5) is 0 Å². The van der Waals surface area contributed by atoms with Crippen LogP contribution in [0.25, 0.3) is 0 Å². The number of ether oxygens (including phenoxy) is 2. The Morgan fingerprint density at radius 1 is 0.574 bits per heavy atom. The predicted molar refractivity (Wildman–Crippen MR) is 207 cm³/mol. The molecule has 6 N–H and O–H groups in total. The topological polar surface area (TPSA) is 210 Å². The lowest BCUT2D eigenvalue weighted by atomic mass is 9.85. The molecular formula is C40H73O13P. The molecule has 0 radical (unpaired) electrons. The standard InChI is InChI=1S/C40H73O13P/c1-3-5-7-9-10-11-12-13-14-15-16-17-18-19-20-21-22-23-24-25-27-29-34(42)52-32(30-50-33(41)28-26-8-6-4-2)31-51-54(48,49)53-40-38(46)36(44)35(43)37(45)39(40)47/h12-13,15-16,32,35-40,43-47H,3-11,14,17-31H2,1-2H3,(H,48,49)/b13-12-,16-15-. The second kappa shape index (κ2) is 31.4. The molecule has 0 aromatic heterocycles. The molecule has 0 saturated heterocycles. The number of carbonyl (C=O) groups excluding carboxylic acids is 2. The number of phosphoric ester groups is 1. The Kier molecular flexibility index (Phi) is 29.3. The first-order chi connectivity index (χ1) is 25.9. The van der Waals surface area contributed by atoms with E-state index in [1.807, 2.05) is 6.92 Å². The van der Waals surface area contributed by atoms with Gasteiger partial charge >= 0.3 is 19.8 Å². The highest BCUT2D eigenvalue weighted by atomic mass is 31.2. The van der Waals surface area contributed by atoms with Crippen LogP contribution in [0.1, 0.15) is 162 Å². The highest BCUT2D eigenvalue weighted by Crippen LogP contribution is 2.47. The number of carbonyl (C=O) groups is 2. The molecule has 1 aliphatic rings. The zero-order valence-electron chi connectivity index (χ0n) is 33.0. The van der Waals surface area contributed by atoms with Gasteiger partial charge < -0.3 is 39.9 Å². The molecule has 316 valence electrons. The van der Waals surface area contributed by atoms with Gasteiger partial charge in [-0.15, -0.1) is 0 Å². The van der Waals surface area contributed by atoms with Gasteiger partial charge in [0.05, 0.1) is 6.61 Å². The minimum Gasteiger partial charge on any atom is -0.462 e. The summed E-state index contributed by atoms with van der Waals surface area (Å²) in [5.41, 5.74) is 0. The quantitative estimate of drug-likeness (QED) is 0.0173. The number of rotatable bonds is 33. The maximum atomic E-state index is 12.7. The zero-order valence-corrected chi connectivity index (χ0v) is 33.9. The Hall–Kier alpha value is -1.67. The van der Waals surface area contributed by atoms with Crippen molar-refractivity contribution in [2.45, 2.75) is 204 Å². The van der Waals surface area contributed by atoms with Crippen molar-refractivity contribution in [3.05, 3.63) is 24.3 Å². The summed E-state index contributed by atoms with van der Waals surface area (Å²) >= 11 is 0. The fourth-order valence-electron chi connectivity index (χ4n) is 6.14. The Labute approximate surface area is 324 Å². The summed E-state index contributed by atoms with van der Waals surface area (Å²) in [6.45, 7) is 3.11. The van der Waals surface area contributed by atoms with Crippen LogP contribution in [0.3, 0.4) is 0 Å². The van der Waals surface area contributed by atoms with Crippen LogP contribution < -0.4 is 0 Å². The summed E-state index contributed by atoms with van der Waals surface area (Å²) in [6.07, 6.45) is 19.0. The highest BCUT2D eigenvalue weighted by molar-refractivity contribution is 7.47. The number of hydrogen-bond acceptors (Lipinski definition) is 12. The fraction of sp³-hybridized carbons (Fsp3) is 0.850. The molecule has 13 nitrogen and oxygen atoms in total. The number of hydrogen-bond donors (Lipinski definition) is 6. The molecule has 0 aliphatic heterocycles. The Bertz CT molecular complexity index is 1050. The Balaban J connectivity index is 2.35. The second-order valence-corrected chi connectivity index (χ2v) is 15.9. The van der Waals surface area contributed by atoms with E-state index in [2.05, 4.69) is 31.2 Å². The van der Waals surface area contributed by atoms with E-state index in [0.29, 0.717) is 12.8 Å². The molecule has 0 aromatic carbocycles. The summed E-state index contributed by atoms with van der Waals surface area (Å²) in [5, 5.41) is 49.8. The van der Waals surface area contributed by atoms with E-state index in [9.17, 15) is 44.6 Å². The van der Waals surface area contributed by atoms with E-state index >= 15 is 0 Å². The first-order valence-corrected chi connectivity index (χ1v) is 22.1. The third kappa shape index (κ3) is 24.1. The van der Waals surface area contributed by atoms with Crippen molar-refractivity contribution in [3.63, 3.8) is 0 Å². The number of allylic oxidation sites excluding steroid dienone is 4. The average molecular weight is 793 g/mol. The van der Waals surface area contributed by atoms with E-state index in [-0.39, 0.29) is 12.8 Å². The maximum Gasteiger partial charge on any atom is 0.472 e. The number of aliphatic hydroxyl groups is 5. The lowest BCUT2D eigenvalue weighted by Gasteiger charge is -2.41. The van der Waals surface area contributed by atoms with Crippen molar-refractivity contribution in [1.82, 2.24) is 0 Å². The normalized spacial score (nSPS) is 23.5. The number of phosphoric acid groups is 1. The van der Waals surface area contributed by atoms with Gasteiger partial charge in [-0.1, -0.05) is 128 Å². The number of esters is 2. The third-order valence-electron chi connectivity index (χ3n) is 9.55. The minimum absolute atomic E-state index is 0.0929. The summed E-state index contributed by atoms with van der Waals surface area (Å²) < 4.78 is 33.1. The smallest absolute Gasteiger partial charge is 0.462 e. The average Bonchev–Trinajstić information content (AvgIpc) is 3.15. The van der Waals surface area contributed by atoms with Crippen molar-refractivity contribution >= 4 is 19.8 Å². The Morgan fingerprint density at radius 3 is 1.52 bits per heavy atom. The van der Waals surface area contributed by atoms with Gasteiger partial charge in [-0.25, -0.2) is 4.57 Å². The summed E-state index contributed by atoms with van der Waals surface area (Å²) in [7, 11) is -5.10. The van der Waals surface area contributed by atoms with E-state index in [1.165, 1.54) is 64.2 Å². The van der Waals surface area contributed by atoms with E-state index < -0.39 is 75.7 Å². The van der Waals surface area contributed by atoms with E-state index in [4.69, 9.17) is 18.5 Å². The summed E-state index contributed by atoms with van der Waals surface area (Å²) in [4.78, 5) is 35.1. The SMILES string of the molecule is CCCCCCC/C=C\C/C=C\CCCCCCCCCCCC(=O)OC(COC(=O)CCCCCC)COP(=O)(O)OC1C(O)C(O)C(O)C(O)C1O. The molecule has 0 aromatic rings. The molecule has 1 saturated carbocycles. The molecule has 1 aliphatic carbocycles. The van der Waals surface area contributed by atoms with E-state index in [0.717, 1.165) is 57.8 Å². The van der Waals surface area contributed by atoms with Gasteiger partial charge in [0.1, 0.15) is 43.2 Å². The lowest BCUT2D eigenvalue weighted by molar-refractivity contribution is -0.220. The monoisotopic (exact) mass is 792 g/mol. The van der Waals surface area contributed by atoms with Crippen LogP contribution in [-0.2, 0) is 32.7 Å². The minimum atomic E-state index is -5.10. The van der Waals surface area contributed by atoms with Crippen LogP contribution in [0.5, 0.6) is 0 Å². The molecule has 1 rings (SSSR count). The van der Waals surface area contributed by atoms with Crippen LogP contribution in [0.15, 0.2) is 24.3 Å². The molecule has 54 heavy (non-hydrogen) atoms. The first-order valence-electron chi connectivity index (χ1n) is 20.6. The largest absolute Gasteiger partial charge is 0.472 e. The molecule has 0 amide bonds. The van der Waals surface area contributed by atoms with Crippen LogP contribution in [0, 0.1) is 0 Å². The van der Waals surface area contributed by atoms with Crippen LogP contribution >= 0.6 is 7.82 Å². The van der Waals surface area contributed by atoms with Crippen molar-refractivity contribution in [1.29, 1.82) is 0 Å². The van der Waals surface area contributed by atoms with Gasteiger partial charge in [0.25, 0.3) is 0 Å². The first kappa shape index (κ1) is 50.3. The predicted octanol–water partition coefficient (Wildman–Crippen LogP) is 6.89. The fourth-order valence-corrected chi connectivity index (χ4v) is 7.11. The van der Waals surface area contributed by atoms with Gasteiger partial charge in [-0.05, 0) is 44.9 Å². The number of unbranched alkanes of at least 4 members (excludes halogenated alkanes) is 17. The molecular weight excluding hydrogens is 719 g/mol. The Morgan fingerprint density at radius 2 is 1.00 bits per heavy atom. The molecule has 6 unspecified atom stereocenters. The van der Waals surface area contributed by atoms with Crippen molar-refractivity contribution in [2.75, 3.05) is 13.2 Å². The van der Waals surface area contributed by atoms with Gasteiger partial charge in [0, 0.05) is 12.8 Å². The lowest BCUT2D eigenvalue weighted by Crippen LogP contribution is -2.64. The van der Waals surface area contributed by atoms with E-state index in [1.54, 1.807) is 0 Å². The van der Waals surface area contributed by atoms with Crippen LogP contribution in [-0.4, -0.2) is 98.3 Å². The summed E-state index contributed by atoms with van der Waals surface area (Å²) in [6, 6.07) is 0. The van der Waals surface area contributed by atoms with Gasteiger partial charge in [-0.2, -0.15) is 0 Å². The van der Waals surface area contributed by atoms with Crippen molar-refractivity contribution < 1.29 is 63.1 Å². The molecule has 1 fully saturated rings. The summed E-state index contributed by atoms with van der Waals surface area (Å²) in [5.74, 6) is -1.12. The van der Waals surface area contributed by atoms with Gasteiger partial charge in [-0.3, -0.25) is 18.6 Å². The number of aliphatic hydroxyl groups excluding tert-OH is 5. The molecule has 0 heterocycles. The molecule has 0 bridgehead atoms. The molecule has 14 heteroatoms.